The van der Waals surface area contributed by atoms with Gasteiger partial charge in [-0.2, -0.15) is 0 Å². The lowest BCUT2D eigenvalue weighted by Gasteiger charge is -2.33. The molecule has 3 N–H and O–H groups in total. The van der Waals surface area contributed by atoms with E-state index in [2.05, 4.69) is 15.8 Å². The first kappa shape index (κ1) is 11.6. The van der Waals surface area contributed by atoms with Crippen LogP contribution in [0.3, 0.4) is 0 Å². The first-order chi connectivity index (χ1) is 9.09. The Morgan fingerprint density at radius 1 is 1.32 bits per heavy atom. The van der Waals surface area contributed by atoms with E-state index in [1.165, 1.54) is 18.2 Å². The van der Waals surface area contributed by atoms with Gasteiger partial charge in [0, 0.05) is 18.4 Å². The second kappa shape index (κ2) is 3.78. The van der Waals surface area contributed by atoms with Crippen molar-refractivity contribution < 1.29 is 19.2 Å². The molecule has 0 radical (unpaired) electrons. The number of fused-ring (bicyclic) bond motifs is 2. The number of carbonyl (C=O) groups excluding carboxylic acids is 2. The van der Waals surface area contributed by atoms with Gasteiger partial charge in [-0.3, -0.25) is 9.59 Å². The molecule has 2 aliphatic rings. The van der Waals surface area contributed by atoms with E-state index in [0.717, 1.165) is 0 Å². The molecule has 1 aromatic carbocycles. The number of hydrogen-bond donors (Lipinski definition) is 3. The molecule has 2 amide bonds. The van der Waals surface area contributed by atoms with E-state index >= 15 is 0 Å². The Morgan fingerprint density at radius 3 is 2.84 bits per heavy atom. The van der Waals surface area contributed by atoms with E-state index in [4.69, 9.17) is 5.21 Å². The summed E-state index contributed by atoms with van der Waals surface area (Å²) in [5, 5.41) is 17.1. The summed E-state index contributed by atoms with van der Waals surface area (Å²) < 4.78 is 13.7. The molecule has 1 fully saturated rings. The number of carbonyl (C=O) groups is 2. The Balaban J connectivity index is 2.26. The van der Waals surface area contributed by atoms with Crippen molar-refractivity contribution in [3.8, 4) is 0 Å². The van der Waals surface area contributed by atoms with Crippen LogP contribution in [0, 0.1) is 5.82 Å². The topological polar surface area (TPSA) is 90.8 Å². The molecule has 2 heterocycles. The zero-order valence-corrected chi connectivity index (χ0v) is 9.74. The Hall–Kier alpha value is -2.44. The summed E-state index contributed by atoms with van der Waals surface area (Å²) in [7, 11) is 0. The van der Waals surface area contributed by atoms with Gasteiger partial charge >= 0.3 is 0 Å². The molecule has 3 rings (SSSR count). The van der Waals surface area contributed by atoms with E-state index in [-0.39, 0.29) is 35.7 Å². The number of nitrogens with one attached hydrogen (secondary N) is 2. The zero-order valence-electron chi connectivity index (χ0n) is 9.74. The summed E-state index contributed by atoms with van der Waals surface area (Å²) in [4.78, 5) is 23.8. The molecule has 6 nitrogen and oxygen atoms in total. The van der Waals surface area contributed by atoms with Gasteiger partial charge in [-0.05, 0) is 6.07 Å². The molecule has 0 aromatic heterocycles. The number of halogens is 1. The lowest BCUT2D eigenvalue weighted by Crippen LogP contribution is -2.59. The second-order valence-electron chi connectivity index (χ2n) is 4.46. The zero-order chi connectivity index (χ0) is 13.6. The molecule has 0 saturated carbocycles. The highest BCUT2D eigenvalue weighted by Crippen LogP contribution is 2.41. The molecule has 1 spiro atoms. The lowest BCUT2D eigenvalue weighted by molar-refractivity contribution is -0.129. The minimum atomic E-state index is -1.60. The van der Waals surface area contributed by atoms with Gasteiger partial charge in [-0.25, -0.2) is 4.39 Å². The fourth-order valence-corrected chi connectivity index (χ4v) is 2.59. The summed E-state index contributed by atoms with van der Waals surface area (Å²) in [6.07, 6.45) is 0.269. The van der Waals surface area contributed by atoms with Gasteiger partial charge < -0.3 is 15.8 Å². The van der Waals surface area contributed by atoms with Gasteiger partial charge in [0.2, 0.25) is 5.91 Å². The summed E-state index contributed by atoms with van der Waals surface area (Å²) in [5.41, 5.74) is -1.22. The fourth-order valence-electron chi connectivity index (χ4n) is 2.59. The molecule has 7 heteroatoms. The Morgan fingerprint density at radius 2 is 2.11 bits per heavy atom. The average molecular weight is 263 g/mol. The van der Waals surface area contributed by atoms with Gasteiger partial charge in [0.25, 0.3) is 5.91 Å². The minimum absolute atomic E-state index is 0.0100. The molecule has 1 aromatic rings. The number of piperidine rings is 1. The molecule has 0 bridgehead atoms. The van der Waals surface area contributed by atoms with Crippen molar-refractivity contribution in [2.24, 2.45) is 5.16 Å². The van der Waals surface area contributed by atoms with Gasteiger partial charge in [-0.15, -0.1) is 0 Å². The van der Waals surface area contributed by atoms with Gasteiger partial charge in [0.15, 0.2) is 5.54 Å². The number of amides is 2. The molecule has 19 heavy (non-hydrogen) atoms. The monoisotopic (exact) mass is 263 g/mol. The van der Waals surface area contributed by atoms with Gasteiger partial charge in [-0.1, -0.05) is 17.3 Å². The highest BCUT2D eigenvalue weighted by molar-refractivity contribution is 6.25. The molecule has 1 atom stereocenters. The fraction of sp³-hybridized carbons (Fsp3) is 0.250. The third-order valence-electron chi connectivity index (χ3n) is 3.47. The summed E-state index contributed by atoms with van der Waals surface area (Å²) >= 11 is 0. The number of hydrogen-bond acceptors (Lipinski definition) is 4. The highest BCUT2D eigenvalue weighted by Gasteiger charge is 2.55. The van der Waals surface area contributed by atoms with Crippen LogP contribution in [-0.4, -0.2) is 22.7 Å². The van der Waals surface area contributed by atoms with Crippen LogP contribution < -0.4 is 10.6 Å². The molecule has 0 aliphatic carbocycles. The Kier molecular flexibility index (Phi) is 2.31. The molecule has 1 saturated heterocycles. The van der Waals surface area contributed by atoms with Gasteiger partial charge in [0.1, 0.15) is 5.82 Å². The molecular formula is C12H10FN3O3. The van der Waals surface area contributed by atoms with Crippen LogP contribution in [-0.2, 0) is 15.1 Å². The number of anilines is 1. The maximum Gasteiger partial charge on any atom is 0.261 e. The number of nitrogens with zero attached hydrogens (tertiary/aromatic N) is 1. The van der Waals surface area contributed by atoms with Crippen LogP contribution in [0.4, 0.5) is 10.1 Å². The third-order valence-corrected chi connectivity index (χ3v) is 3.47. The van der Waals surface area contributed by atoms with Crippen LogP contribution in [0.25, 0.3) is 0 Å². The van der Waals surface area contributed by atoms with Crippen molar-refractivity contribution in [2.45, 2.75) is 18.4 Å². The molecule has 98 valence electrons. The van der Waals surface area contributed by atoms with Crippen molar-refractivity contribution in [3.05, 3.63) is 29.6 Å². The summed E-state index contributed by atoms with van der Waals surface area (Å²) in [6.45, 7) is 0. The van der Waals surface area contributed by atoms with Crippen molar-refractivity contribution in [1.29, 1.82) is 0 Å². The first-order valence-electron chi connectivity index (χ1n) is 5.72. The molecule has 0 unspecified atom stereocenters. The maximum absolute atomic E-state index is 13.7. The summed E-state index contributed by atoms with van der Waals surface area (Å²) in [6, 6.07) is 4.16. The van der Waals surface area contributed by atoms with Crippen LogP contribution in [0.2, 0.25) is 0 Å². The van der Waals surface area contributed by atoms with Crippen molar-refractivity contribution in [2.75, 3.05) is 5.32 Å². The number of oxime groups is 1. The average Bonchev–Trinajstić information content (AvgIpc) is 2.66. The quantitative estimate of drug-likeness (QED) is 0.475. The number of para-hydroxylation sites is 1. The van der Waals surface area contributed by atoms with Crippen molar-refractivity contribution >= 4 is 23.2 Å². The first-order valence-corrected chi connectivity index (χ1v) is 5.72. The Labute approximate surface area is 107 Å². The van der Waals surface area contributed by atoms with E-state index < -0.39 is 17.3 Å². The third kappa shape index (κ3) is 1.38. The van der Waals surface area contributed by atoms with Crippen molar-refractivity contribution in [1.82, 2.24) is 5.32 Å². The SMILES string of the molecule is O=C1CC/C(=N\O)[C@]2(N1)C(=O)Nc1c(F)cccc12. The standard InChI is InChI=1S/C12H10FN3O3/c13-7-3-1-2-6-10(7)14-11(18)12(6)8(16-19)4-5-9(17)15-12/h1-3,19H,4-5H2,(H,14,18)(H,15,17)/b16-8+/t12-/m0/s1. The van der Waals surface area contributed by atoms with E-state index in [0.29, 0.717) is 0 Å². The lowest BCUT2D eigenvalue weighted by atomic mass is 9.81. The van der Waals surface area contributed by atoms with Crippen LogP contribution in [0.1, 0.15) is 18.4 Å². The summed E-state index contributed by atoms with van der Waals surface area (Å²) in [5.74, 6) is -1.56. The van der Waals surface area contributed by atoms with Crippen LogP contribution >= 0.6 is 0 Å². The normalized spacial score (nSPS) is 27.3. The number of rotatable bonds is 0. The van der Waals surface area contributed by atoms with E-state index in [1.54, 1.807) is 0 Å². The van der Waals surface area contributed by atoms with Gasteiger partial charge in [0.05, 0.1) is 11.4 Å². The molecule has 2 aliphatic heterocycles. The predicted molar refractivity (Wildman–Crippen MR) is 63.3 cm³/mol. The number of benzene rings is 1. The van der Waals surface area contributed by atoms with E-state index in [1.807, 2.05) is 0 Å². The predicted octanol–water partition coefficient (Wildman–Crippen LogP) is 0.713. The Bertz CT molecular complexity index is 629. The van der Waals surface area contributed by atoms with E-state index in [9.17, 15) is 14.0 Å². The molecular weight excluding hydrogens is 253 g/mol. The van der Waals surface area contributed by atoms with Crippen LogP contribution in [0.15, 0.2) is 23.4 Å². The van der Waals surface area contributed by atoms with Crippen molar-refractivity contribution in [3.63, 3.8) is 0 Å². The smallest absolute Gasteiger partial charge is 0.261 e. The highest BCUT2D eigenvalue weighted by atomic mass is 19.1. The largest absolute Gasteiger partial charge is 0.411 e. The second-order valence-corrected chi connectivity index (χ2v) is 4.46. The maximum atomic E-state index is 13.7. The minimum Gasteiger partial charge on any atom is -0.411 e. The van der Waals surface area contributed by atoms with Crippen LogP contribution in [0.5, 0.6) is 0 Å².